The Balaban J connectivity index is -0.000000360. The van der Waals surface area contributed by atoms with Crippen molar-refractivity contribution in [2.24, 2.45) is 0 Å². The first-order chi connectivity index (χ1) is 5.29. The molecule has 2 aromatic carbocycles. The van der Waals surface area contributed by atoms with E-state index in [1.807, 2.05) is 0 Å². The number of rotatable bonds is 0. The summed E-state index contributed by atoms with van der Waals surface area (Å²) in [5.74, 6) is 0. The third-order valence-corrected chi connectivity index (χ3v) is 2.21. The van der Waals surface area contributed by atoms with Gasteiger partial charge in [0.15, 0.2) is 0 Å². The minimum absolute atomic E-state index is 0. The molecule has 0 atom stereocenters. The average molecular weight is 236 g/mol. The first-order valence-electron chi connectivity index (χ1n) is 3.90. The summed E-state index contributed by atoms with van der Waals surface area (Å²) >= 11 is 0. The SMILES string of the molecule is Cc1c[c-](C)c2ccccc12.[CH3-].[CH3-].[CH3-].[Ti+4]. The molecular formula is C14H20Ti. The summed E-state index contributed by atoms with van der Waals surface area (Å²) in [7, 11) is 0. The number of aryl methyl sites for hydroxylation is 2. The van der Waals surface area contributed by atoms with Crippen molar-refractivity contribution in [3.8, 4) is 0 Å². The van der Waals surface area contributed by atoms with Crippen LogP contribution in [0.4, 0.5) is 0 Å². The fourth-order valence-corrected chi connectivity index (χ4v) is 1.65. The fourth-order valence-electron chi connectivity index (χ4n) is 1.65. The summed E-state index contributed by atoms with van der Waals surface area (Å²) in [6.07, 6.45) is 0. The zero-order valence-corrected chi connectivity index (χ0v) is 11.9. The Bertz CT molecular complexity index is 349. The van der Waals surface area contributed by atoms with Crippen LogP contribution in [0.25, 0.3) is 10.8 Å². The molecule has 15 heavy (non-hydrogen) atoms. The van der Waals surface area contributed by atoms with Crippen molar-refractivity contribution in [3.63, 3.8) is 0 Å². The quantitative estimate of drug-likeness (QED) is 0.466. The molecule has 0 saturated heterocycles. The summed E-state index contributed by atoms with van der Waals surface area (Å²) in [4.78, 5) is 0. The molecule has 0 radical (unpaired) electrons. The van der Waals surface area contributed by atoms with Crippen molar-refractivity contribution in [2.75, 3.05) is 0 Å². The molecule has 2 rings (SSSR count). The van der Waals surface area contributed by atoms with Crippen molar-refractivity contribution in [3.05, 3.63) is 63.7 Å². The Hall–Kier alpha value is -0.456. The van der Waals surface area contributed by atoms with Crippen molar-refractivity contribution >= 4 is 10.8 Å². The van der Waals surface area contributed by atoms with E-state index in [0.29, 0.717) is 0 Å². The maximum absolute atomic E-state index is 2.24. The maximum atomic E-state index is 2.24. The van der Waals surface area contributed by atoms with Gasteiger partial charge in [-0.2, -0.15) is 5.56 Å². The Morgan fingerprint density at radius 1 is 1.00 bits per heavy atom. The minimum Gasteiger partial charge on any atom is -0.358 e. The van der Waals surface area contributed by atoms with Gasteiger partial charge in [-0.3, -0.25) is 0 Å². The molecule has 0 fully saturated rings. The Labute approximate surface area is 110 Å². The smallest absolute Gasteiger partial charge is 0.358 e. The van der Waals surface area contributed by atoms with E-state index in [-0.39, 0.29) is 44.0 Å². The van der Waals surface area contributed by atoms with Gasteiger partial charge in [-0.1, -0.05) is 19.9 Å². The topological polar surface area (TPSA) is 0 Å². The molecule has 0 aromatic heterocycles. The van der Waals surface area contributed by atoms with Crippen LogP contribution in [0.3, 0.4) is 0 Å². The summed E-state index contributed by atoms with van der Waals surface area (Å²) in [5, 5.41) is 2.79. The van der Waals surface area contributed by atoms with Gasteiger partial charge in [0.05, 0.1) is 0 Å². The predicted molar refractivity (Wildman–Crippen MR) is 68.3 cm³/mol. The number of hydrogen-bond acceptors (Lipinski definition) is 0. The molecule has 0 aliphatic heterocycles. The summed E-state index contributed by atoms with van der Waals surface area (Å²) in [6.45, 7) is 4.32. The minimum atomic E-state index is 0. The van der Waals surface area contributed by atoms with Crippen LogP contribution in [0.5, 0.6) is 0 Å². The Kier molecular flexibility index (Phi) is 10.4. The molecule has 0 saturated carbocycles. The summed E-state index contributed by atoms with van der Waals surface area (Å²) in [5.41, 5.74) is 2.77. The maximum Gasteiger partial charge on any atom is 4.00 e. The van der Waals surface area contributed by atoms with E-state index in [0.717, 1.165) is 0 Å². The third-order valence-electron chi connectivity index (χ3n) is 2.21. The number of hydrogen-bond donors (Lipinski definition) is 0. The van der Waals surface area contributed by atoms with Crippen molar-refractivity contribution in [1.82, 2.24) is 0 Å². The second-order valence-electron chi connectivity index (χ2n) is 3.06. The normalized spacial score (nSPS) is 7.87. The van der Waals surface area contributed by atoms with Gasteiger partial charge in [0.1, 0.15) is 0 Å². The van der Waals surface area contributed by atoms with E-state index in [2.05, 4.69) is 44.2 Å². The average Bonchev–Trinajstić information content (AvgIpc) is 2.30. The van der Waals surface area contributed by atoms with Gasteiger partial charge in [0, 0.05) is 0 Å². The van der Waals surface area contributed by atoms with Crippen LogP contribution in [0, 0.1) is 36.1 Å². The van der Waals surface area contributed by atoms with Crippen LogP contribution in [-0.4, -0.2) is 0 Å². The van der Waals surface area contributed by atoms with E-state index in [9.17, 15) is 0 Å². The van der Waals surface area contributed by atoms with Crippen LogP contribution < -0.4 is 0 Å². The molecule has 0 aliphatic carbocycles. The number of fused-ring (bicyclic) bond motifs is 1. The van der Waals surface area contributed by atoms with E-state index in [1.54, 1.807) is 0 Å². The molecule has 0 unspecified atom stereocenters. The van der Waals surface area contributed by atoms with Crippen LogP contribution in [0.2, 0.25) is 0 Å². The second-order valence-corrected chi connectivity index (χ2v) is 3.06. The third kappa shape index (κ3) is 3.55. The monoisotopic (exact) mass is 236 g/mol. The van der Waals surface area contributed by atoms with Gasteiger partial charge >= 0.3 is 21.7 Å². The summed E-state index contributed by atoms with van der Waals surface area (Å²) < 4.78 is 0. The van der Waals surface area contributed by atoms with Gasteiger partial charge in [-0.05, 0) is 0 Å². The molecule has 0 heterocycles. The van der Waals surface area contributed by atoms with E-state index < -0.39 is 0 Å². The molecule has 0 N–H and O–H groups in total. The first kappa shape index (κ1) is 20.0. The van der Waals surface area contributed by atoms with Crippen LogP contribution in [0.1, 0.15) is 11.1 Å². The second kappa shape index (κ2) is 7.79. The molecule has 0 bridgehead atoms. The largest absolute Gasteiger partial charge is 4.00 e. The fraction of sp³-hybridized carbons (Fsp3) is 0.143. The molecule has 0 spiro atoms. The first-order valence-corrected chi connectivity index (χ1v) is 3.90. The van der Waals surface area contributed by atoms with E-state index in [4.69, 9.17) is 0 Å². The molecule has 0 nitrogen and oxygen atoms in total. The predicted octanol–water partition coefficient (Wildman–Crippen LogP) is 4.52. The van der Waals surface area contributed by atoms with Gasteiger partial charge in [-0.25, -0.2) is 0 Å². The molecule has 2 aromatic rings. The molecule has 1 heteroatoms. The Morgan fingerprint density at radius 3 is 2.07 bits per heavy atom. The molecule has 0 aliphatic rings. The zero-order chi connectivity index (χ0) is 7.84. The van der Waals surface area contributed by atoms with E-state index in [1.165, 1.54) is 21.9 Å². The van der Waals surface area contributed by atoms with Gasteiger partial charge in [0.2, 0.25) is 0 Å². The summed E-state index contributed by atoms with van der Waals surface area (Å²) in [6, 6.07) is 10.8. The molecule has 80 valence electrons. The molecule has 0 amide bonds. The van der Waals surface area contributed by atoms with Crippen molar-refractivity contribution in [1.29, 1.82) is 0 Å². The van der Waals surface area contributed by atoms with Crippen LogP contribution >= 0.6 is 0 Å². The molecular weight excluding hydrogens is 216 g/mol. The van der Waals surface area contributed by atoms with Crippen molar-refractivity contribution in [2.45, 2.75) is 13.8 Å². The van der Waals surface area contributed by atoms with Crippen molar-refractivity contribution < 1.29 is 21.7 Å². The standard InChI is InChI=1S/C11H11.3CH3.Ti/c1-8-7-9(2)11-6-4-3-5-10(8)11;;;;/h3-7H,1-2H3;3*1H3;/q4*-1;+4. The van der Waals surface area contributed by atoms with E-state index >= 15 is 0 Å². The van der Waals surface area contributed by atoms with Gasteiger partial charge in [0.25, 0.3) is 0 Å². The van der Waals surface area contributed by atoms with Gasteiger partial charge in [-0.15, -0.1) is 40.6 Å². The van der Waals surface area contributed by atoms with Crippen LogP contribution in [0.15, 0.2) is 30.3 Å². The zero-order valence-electron chi connectivity index (χ0n) is 10.4. The van der Waals surface area contributed by atoms with Crippen LogP contribution in [-0.2, 0) is 21.7 Å². The number of benzene rings is 1. The Morgan fingerprint density at radius 2 is 1.53 bits per heavy atom. The van der Waals surface area contributed by atoms with Gasteiger partial charge < -0.3 is 22.3 Å².